The third kappa shape index (κ3) is 4.34. The van der Waals surface area contributed by atoms with Gasteiger partial charge in [0.1, 0.15) is 5.82 Å². The number of aromatic nitrogens is 3. The van der Waals surface area contributed by atoms with Crippen LogP contribution >= 0.6 is 11.3 Å². The lowest BCUT2D eigenvalue weighted by Crippen LogP contribution is -2.30. The number of allylic oxidation sites excluding steroid dienone is 13. The van der Waals surface area contributed by atoms with Crippen molar-refractivity contribution in [2.75, 3.05) is 0 Å². The van der Waals surface area contributed by atoms with Crippen LogP contribution in [0, 0.1) is 17.8 Å². The SMILES string of the molecule is C1=CCC2C(=C1)C=CC1C3=C(C=CC12)CCC(c1nc(-c2ccccc2)nc(C2C=c4sc5c(c4=CC2)CCC=C5)n1)=C3. The standard InChI is InChI=1S/C39H33N3S/c1-2-9-26(10-3-1)37-40-38(42-39(41-37)28-18-21-33-32-12-6-7-13-35(32)43-36(33)23-28)27-15-14-25-17-19-30-29-11-5-4-8-24(29)16-20-31(30)34(25)22-27/h1-5,7-10,13,16-17,19-23,28-31H,6,11-12,14-15,18H2. The molecular formula is C39H33N3S. The zero-order valence-corrected chi connectivity index (χ0v) is 24.9. The minimum atomic E-state index is 0.146. The zero-order chi connectivity index (χ0) is 28.3. The molecule has 2 heterocycles. The van der Waals surface area contributed by atoms with Crippen molar-refractivity contribution in [3.8, 4) is 11.4 Å². The van der Waals surface area contributed by atoms with E-state index >= 15 is 0 Å². The Bertz CT molecular complexity index is 2000. The van der Waals surface area contributed by atoms with Crippen molar-refractivity contribution in [2.24, 2.45) is 17.8 Å². The van der Waals surface area contributed by atoms with E-state index in [1.807, 2.05) is 11.3 Å². The fraction of sp³-hybridized carbons (Fsp3) is 0.256. The van der Waals surface area contributed by atoms with Crippen LogP contribution in [0.3, 0.4) is 0 Å². The molecule has 2 aromatic heterocycles. The molecule has 210 valence electrons. The Morgan fingerprint density at radius 3 is 2.72 bits per heavy atom. The van der Waals surface area contributed by atoms with Crippen LogP contribution in [0.4, 0.5) is 0 Å². The highest BCUT2D eigenvalue weighted by atomic mass is 32.1. The van der Waals surface area contributed by atoms with Crippen LogP contribution in [-0.2, 0) is 6.42 Å². The van der Waals surface area contributed by atoms with Gasteiger partial charge >= 0.3 is 0 Å². The number of benzene rings is 1. The number of nitrogens with zero attached hydrogens (tertiary/aromatic N) is 3. The normalized spacial score (nSPS) is 26.2. The minimum Gasteiger partial charge on any atom is -0.213 e. The van der Waals surface area contributed by atoms with E-state index in [0.717, 1.165) is 61.6 Å². The lowest BCUT2D eigenvalue weighted by Gasteiger charge is -2.40. The maximum absolute atomic E-state index is 5.24. The summed E-state index contributed by atoms with van der Waals surface area (Å²) in [6, 6.07) is 10.4. The largest absolute Gasteiger partial charge is 0.213 e. The van der Waals surface area contributed by atoms with Gasteiger partial charge in [-0.05, 0) is 89.5 Å². The molecule has 43 heavy (non-hydrogen) atoms. The molecule has 1 aromatic carbocycles. The maximum atomic E-state index is 5.24. The number of rotatable bonds is 3. The molecule has 4 atom stereocenters. The van der Waals surface area contributed by atoms with Crippen LogP contribution in [-0.4, -0.2) is 15.0 Å². The summed E-state index contributed by atoms with van der Waals surface area (Å²) >= 11 is 1.92. The number of hydrogen-bond donors (Lipinski definition) is 0. The van der Waals surface area contributed by atoms with Crippen LogP contribution in [0.25, 0.3) is 35.2 Å². The van der Waals surface area contributed by atoms with E-state index in [9.17, 15) is 0 Å². The first-order chi connectivity index (χ1) is 21.3. The summed E-state index contributed by atoms with van der Waals surface area (Å²) < 4.78 is 1.37. The molecule has 0 fully saturated rings. The van der Waals surface area contributed by atoms with E-state index < -0.39 is 0 Å². The molecule has 0 saturated carbocycles. The monoisotopic (exact) mass is 575 g/mol. The second kappa shape index (κ2) is 10.2. The molecule has 9 rings (SSSR count). The van der Waals surface area contributed by atoms with E-state index in [0.29, 0.717) is 17.8 Å². The molecule has 6 aliphatic rings. The summed E-state index contributed by atoms with van der Waals surface area (Å²) in [6.07, 6.45) is 34.8. The average Bonchev–Trinajstić information content (AvgIpc) is 3.46. The molecule has 0 aliphatic heterocycles. The van der Waals surface area contributed by atoms with E-state index in [4.69, 9.17) is 15.0 Å². The van der Waals surface area contributed by atoms with Crippen molar-refractivity contribution in [3.05, 3.63) is 134 Å². The molecule has 3 nitrogen and oxygen atoms in total. The van der Waals surface area contributed by atoms with E-state index in [1.54, 1.807) is 0 Å². The summed E-state index contributed by atoms with van der Waals surface area (Å²) in [7, 11) is 0. The Labute approximate surface area is 256 Å². The Balaban J connectivity index is 1.13. The first-order valence-electron chi connectivity index (χ1n) is 15.8. The van der Waals surface area contributed by atoms with Gasteiger partial charge in [-0.3, -0.25) is 0 Å². The van der Waals surface area contributed by atoms with Crippen LogP contribution in [0.15, 0.2) is 102 Å². The lowest BCUT2D eigenvalue weighted by atomic mass is 9.64. The fourth-order valence-corrected chi connectivity index (χ4v) is 9.09. The van der Waals surface area contributed by atoms with E-state index in [2.05, 4.69) is 103 Å². The predicted octanol–water partition coefficient (Wildman–Crippen LogP) is 7.66. The minimum absolute atomic E-state index is 0.146. The second-order valence-electron chi connectivity index (χ2n) is 12.5. The van der Waals surface area contributed by atoms with Crippen molar-refractivity contribution in [1.82, 2.24) is 15.0 Å². The van der Waals surface area contributed by atoms with Gasteiger partial charge < -0.3 is 0 Å². The van der Waals surface area contributed by atoms with Gasteiger partial charge in [-0.2, -0.15) is 0 Å². The predicted molar refractivity (Wildman–Crippen MR) is 177 cm³/mol. The smallest absolute Gasteiger partial charge is 0.163 e. The third-order valence-electron chi connectivity index (χ3n) is 10.0. The molecule has 3 aromatic rings. The molecule has 0 N–H and O–H groups in total. The topological polar surface area (TPSA) is 38.7 Å². The van der Waals surface area contributed by atoms with Gasteiger partial charge in [0.05, 0.1) is 0 Å². The molecule has 4 heteroatoms. The van der Waals surface area contributed by atoms with Crippen LogP contribution in [0.5, 0.6) is 0 Å². The number of thiophene rings is 1. The van der Waals surface area contributed by atoms with Gasteiger partial charge in [-0.1, -0.05) is 97.2 Å². The zero-order valence-electron chi connectivity index (χ0n) is 24.1. The van der Waals surface area contributed by atoms with Crippen molar-refractivity contribution < 1.29 is 0 Å². The highest BCUT2D eigenvalue weighted by Crippen LogP contribution is 2.48. The molecule has 4 unspecified atom stereocenters. The molecule has 0 amide bonds. The second-order valence-corrected chi connectivity index (χ2v) is 13.6. The molecule has 0 saturated heterocycles. The first kappa shape index (κ1) is 25.4. The quantitative estimate of drug-likeness (QED) is 0.322. The Morgan fingerprint density at radius 2 is 1.77 bits per heavy atom. The fourth-order valence-electron chi connectivity index (χ4n) is 7.81. The van der Waals surface area contributed by atoms with Crippen LogP contribution in [0.2, 0.25) is 0 Å². The lowest BCUT2D eigenvalue weighted by molar-refractivity contribution is 0.379. The summed E-state index contributed by atoms with van der Waals surface area (Å²) in [4.78, 5) is 16.9. The van der Waals surface area contributed by atoms with Crippen LogP contribution < -0.4 is 9.75 Å². The van der Waals surface area contributed by atoms with E-state index in [1.165, 1.54) is 42.5 Å². The molecular weight excluding hydrogens is 543 g/mol. The first-order valence-corrected chi connectivity index (χ1v) is 16.6. The van der Waals surface area contributed by atoms with Gasteiger partial charge in [0.15, 0.2) is 11.6 Å². The van der Waals surface area contributed by atoms with Crippen molar-refractivity contribution >= 4 is 35.1 Å². The molecule has 0 bridgehead atoms. The van der Waals surface area contributed by atoms with E-state index in [-0.39, 0.29) is 5.92 Å². The summed E-state index contributed by atoms with van der Waals surface area (Å²) in [5.74, 6) is 4.14. The van der Waals surface area contributed by atoms with Gasteiger partial charge in [0, 0.05) is 26.8 Å². The van der Waals surface area contributed by atoms with Crippen molar-refractivity contribution in [1.29, 1.82) is 0 Å². The average molecular weight is 576 g/mol. The van der Waals surface area contributed by atoms with Gasteiger partial charge in [-0.25, -0.2) is 15.0 Å². The summed E-state index contributed by atoms with van der Waals surface area (Å²) in [6.45, 7) is 0. The molecule has 6 aliphatic carbocycles. The van der Waals surface area contributed by atoms with Crippen molar-refractivity contribution in [3.63, 3.8) is 0 Å². The molecule has 0 spiro atoms. The number of fused-ring (bicyclic) bond motifs is 7. The molecule has 0 radical (unpaired) electrons. The van der Waals surface area contributed by atoms with Gasteiger partial charge in [-0.15, -0.1) is 11.3 Å². The Kier molecular flexibility index (Phi) is 6.04. The van der Waals surface area contributed by atoms with Crippen LogP contribution in [0.1, 0.15) is 60.1 Å². The van der Waals surface area contributed by atoms with Crippen molar-refractivity contribution in [2.45, 2.75) is 44.4 Å². The maximum Gasteiger partial charge on any atom is 0.163 e. The summed E-state index contributed by atoms with van der Waals surface area (Å²) in [5, 5.41) is 1.44. The third-order valence-corrected chi connectivity index (χ3v) is 11.2. The highest BCUT2D eigenvalue weighted by molar-refractivity contribution is 7.11. The number of hydrogen-bond acceptors (Lipinski definition) is 4. The highest BCUT2D eigenvalue weighted by Gasteiger charge is 2.36. The summed E-state index contributed by atoms with van der Waals surface area (Å²) in [5.41, 5.74) is 8.22. The van der Waals surface area contributed by atoms with Gasteiger partial charge in [0.25, 0.3) is 0 Å². The Hall–Kier alpha value is -4.15. The van der Waals surface area contributed by atoms with Gasteiger partial charge in [0.2, 0.25) is 0 Å². The Morgan fingerprint density at radius 1 is 0.837 bits per heavy atom.